The first-order valence-electron chi connectivity index (χ1n) is 7.84. The van der Waals surface area contributed by atoms with Gasteiger partial charge in [-0.1, -0.05) is 0 Å². The summed E-state index contributed by atoms with van der Waals surface area (Å²) in [5, 5.41) is 4.33. The fraction of sp³-hybridized carbons (Fsp3) is 0.500. The van der Waals surface area contributed by atoms with Crippen molar-refractivity contribution in [1.29, 1.82) is 0 Å². The zero-order valence-electron chi connectivity index (χ0n) is 12.2. The van der Waals surface area contributed by atoms with Crippen LogP contribution in [-0.4, -0.2) is 46.6 Å². The summed E-state index contributed by atoms with van der Waals surface area (Å²) >= 11 is 0. The molecule has 4 heterocycles. The second-order valence-electron chi connectivity index (χ2n) is 5.97. The van der Waals surface area contributed by atoms with E-state index in [1.165, 1.54) is 18.5 Å². The maximum absolute atomic E-state index is 12.6. The topological polar surface area (TPSA) is 40.9 Å². The van der Waals surface area contributed by atoms with Crippen molar-refractivity contribution in [2.75, 3.05) is 31.1 Å². The number of carbonyl (C=O) groups excluding carboxylic acids is 1. The molecule has 2 saturated heterocycles. The minimum atomic E-state index is 0.126. The Morgan fingerprint density at radius 3 is 2.52 bits per heavy atom. The van der Waals surface area contributed by atoms with E-state index in [4.69, 9.17) is 0 Å². The Kier molecular flexibility index (Phi) is 3.05. The van der Waals surface area contributed by atoms with Crippen molar-refractivity contribution in [3.63, 3.8) is 0 Å². The van der Waals surface area contributed by atoms with Crippen LogP contribution in [0.4, 0.5) is 5.69 Å². The van der Waals surface area contributed by atoms with Gasteiger partial charge in [-0.2, -0.15) is 5.10 Å². The van der Waals surface area contributed by atoms with E-state index >= 15 is 0 Å². The predicted molar refractivity (Wildman–Crippen MR) is 81.8 cm³/mol. The molecule has 1 amide bonds. The van der Waals surface area contributed by atoms with Crippen LogP contribution in [0.5, 0.6) is 0 Å². The van der Waals surface area contributed by atoms with Gasteiger partial charge in [-0.3, -0.25) is 4.79 Å². The highest BCUT2D eigenvalue weighted by Gasteiger charge is 2.23. The van der Waals surface area contributed by atoms with Gasteiger partial charge < -0.3 is 9.80 Å². The number of hydrogen-bond acceptors (Lipinski definition) is 3. The van der Waals surface area contributed by atoms with Crippen LogP contribution < -0.4 is 4.90 Å². The smallest absolute Gasteiger partial charge is 0.257 e. The first-order valence-corrected chi connectivity index (χ1v) is 7.84. The molecule has 0 aliphatic carbocycles. The normalized spacial score (nSPS) is 18.9. The molecule has 2 aromatic heterocycles. The van der Waals surface area contributed by atoms with E-state index in [0.717, 1.165) is 50.1 Å². The number of amides is 1. The largest absolute Gasteiger partial charge is 0.371 e. The van der Waals surface area contributed by atoms with Gasteiger partial charge in [-0.15, -0.1) is 0 Å². The fourth-order valence-electron chi connectivity index (χ4n) is 3.40. The van der Waals surface area contributed by atoms with Gasteiger partial charge in [0.05, 0.1) is 17.3 Å². The van der Waals surface area contributed by atoms with Gasteiger partial charge in [0.15, 0.2) is 0 Å². The minimum Gasteiger partial charge on any atom is -0.371 e. The molecule has 5 nitrogen and oxygen atoms in total. The average Bonchev–Trinajstić information content (AvgIpc) is 3.25. The van der Waals surface area contributed by atoms with Gasteiger partial charge in [0, 0.05) is 38.1 Å². The number of nitrogens with zero attached hydrogens (tertiary/aromatic N) is 4. The summed E-state index contributed by atoms with van der Waals surface area (Å²) in [4.78, 5) is 16.9. The third-order valence-electron chi connectivity index (χ3n) is 4.60. The van der Waals surface area contributed by atoms with Crippen molar-refractivity contribution in [3.05, 3.63) is 30.1 Å². The Balaban J connectivity index is 1.71. The van der Waals surface area contributed by atoms with Crippen LogP contribution in [0.15, 0.2) is 24.5 Å². The number of carbonyl (C=O) groups is 1. The Labute approximate surface area is 124 Å². The van der Waals surface area contributed by atoms with Crippen LogP contribution in [0.2, 0.25) is 0 Å². The number of rotatable bonds is 2. The number of anilines is 1. The quantitative estimate of drug-likeness (QED) is 0.848. The van der Waals surface area contributed by atoms with E-state index in [1.807, 2.05) is 15.6 Å². The molecule has 0 atom stereocenters. The van der Waals surface area contributed by atoms with E-state index in [0.29, 0.717) is 0 Å². The van der Waals surface area contributed by atoms with Crippen LogP contribution in [-0.2, 0) is 0 Å². The summed E-state index contributed by atoms with van der Waals surface area (Å²) in [7, 11) is 0. The van der Waals surface area contributed by atoms with E-state index in [-0.39, 0.29) is 5.91 Å². The molecule has 21 heavy (non-hydrogen) atoms. The minimum absolute atomic E-state index is 0.126. The number of hydrogen-bond donors (Lipinski definition) is 0. The van der Waals surface area contributed by atoms with E-state index in [1.54, 1.807) is 6.20 Å². The van der Waals surface area contributed by atoms with E-state index < -0.39 is 0 Å². The molecule has 0 spiro atoms. The van der Waals surface area contributed by atoms with Crippen molar-refractivity contribution in [3.8, 4) is 0 Å². The maximum Gasteiger partial charge on any atom is 0.257 e. The monoisotopic (exact) mass is 284 g/mol. The summed E-state index contributed by atoms with van der Waals surface area (Å²) < 4.78 is 1.81. The lowest BCUT2D eigenvalue weighted by Gasteiger charge is -2.18. The van der Waals surface area contributed by atoms with Crippen LogP contribution >= 0.6 is 0 Å². The second kappa shape index (κ2) is 5.06. The Morgan fingerprint density at radius 1 is 1.05 bits per heavy atom. The third-order valence-corrected chi connectivity index (χ3v) is 4.60. The molecule has 0 saturated carbocycles. The standard InChI is InChI=1S/C16H20N4O/c21-16(19-8-3-4-9-19)14-12-17-20-10-5-13(11-15(14)20)18-6-1-2-7-18/h5,10-12H,1-4,6-9H2. The molecule has 0 bridgehead atoms. The van der Waals surface area contributed by atoms with Gasteiger partial charge in [0.1, 0.15) is 0 Å². The first kappa shape index (κ1) is 12.7. The SMILES string of the molecule is O=C(c1cnn2ccc(N3CCCC3)cc12)N1CCCC1. The molecule has 0 N–H and O–H groups in total. The Bertz CT molecular complexity index is 666. The summed E-state index contributed by atoms with van der Waals surface area (Å²) in [6, 6.07) is 4.21. The van der Waals surface area contributed by atoms with Gasteiger partial charge in [-0.25, -0.2) is 4.52 Å². The van der Waals surface area contributed by atoms with Gasteiger partial charge in [0.25, 0.3) is 5.91 Å². The van der Waals surface area contributed by atoms with Crippen LogP contribution in [0.3, 0.4) is 0 Å². The zero-order valence-corrected chi connectivity index (χ0v) is 12.2. The highest BCUT2D eigenvalue weighted by Crippen LogP contribution is 2.24. The molecule has 110 valence electrons. The molecule has 2 aromatic rings. The Hall–Kier alpha value is -2.04. The van der Waals surface area contributed by atoms with Crippen molar-refractivity contribution < 1.29 is 4.79 Å². The van der Waals surface area contributed by atoms with E-state index in [2.05, 4.69) is 22.1 Å². The molecular formula is C16H20N4O. The maximum atomic E-state index is 12.6. The average molecular weight is 284 g/mol. The zero-order chi connectivity index (χ0) is 14.2. The van der Waals surface area contributed by atoms with Crippen molar-refractivity contribution in [2.24, 2.45) is 0 Å². The molecule has 2 aliphatic rings. The molecular weight excluding hydrogens is 264 g/mol. The molecule has 0 aromatic carbocycles. The molecule has 4 rings (SSSR count). The predicted octanol–water partition coefficient (Wildman–Crippen LogP) is 2.17. The Morgan fingerprint density at radius 2 is 1.76 bits per heavy atom. The second-order valence-corrected chi connectivity index (χ2v) is 5.97. The number of likely N-dealkylation sites (tertiary alicyclic amines) is 1. The van der Waals surface area contributed by atoms with Crippen LogP contribution in [0.25, 0.3) is 5.52 Å². The summed E-state index contributed by atoms with van der Waals surface area (Å²) in [6.07, 6.45) is 8.41. The van der Waals surface area contributed by atoms with E-state index in [9.17, 15) is 4.79 Å². The van der Waals surface area contributed by atoms with Crippen molar-refractivity contribution in [1.82, 2.24) is 14.5 Å². The highest BCUT2D eigenvalue weighted by molar-refractivity contribution is 6.01. The first-order chi connectivity index (χ1) is 10.3. The summed E-state index contributed by atoms with van der Waals surface area (Å²) in [6.45, 7) is 3.98. The number of pyridine rings is 1. The molecule has 2 fully saturated rings. The lowest BCUT2D eigenvalue weighted by molar-refractivity contribution is 0.0794. The molecule has 5 heteroatoms. The molecule has 0 unspecified atom stereocenters. The van der Waals surface area contributed by atoms with Gasteiger partial charge >= 0.3 is 0 Å². The van der Waals surface area contributed by atoms with Gasteiger partial charge in [0.2, 0.25) is 0 Å². The fourth-order valence-corrected chi connectivity index (χ4v) is 3.40. The van der Waals surface area contributed by atoms with Crippen LogP contribution in [0, 0.1) is 0 Å². The molecule has 0 radical (unpaired) electrons. The lowest BCUT2D eigenvalue weighted by atomic mass is 10.2. The van der Waals surface area contributed by atoms with Crippen LogP contribution in [0.1, 0.15) is 36.0 Å². The third kappa shape index (κ3) is 2.17. The lowest BCUT2D eigenvalue weighted by Crippen LogP contribution is -2.27. The number of fused-ring (bicyclic) bond motifs is 1. The molecule has 2 aliphatic heterocycles. The highest BCUT2D eigenvalue weighted by atomic mass is 16.2. The van der Waals surface area contributed by atoms with Crippen molar-refractivity contribution >= 4 is 17.1 Å². The summed E-state index contributed by atoms with van der Waals surface area (Å²) in [5.41, 5.74) is 2.87. The van der Waals surface area contributed by atoms with Crippen molar-refractivity contribution in [2.45, 2.75) is 25.7 Å². The number of aromatic nitrogens is 2. The summed E-state index contributed by atoms with van der Waals surface area (Å²) in [5.74, 6) is 0.126. The van der Waals surface area contributed by atoms with Gasteiger partial charge in [-0.05, 0) is 37.8 Å².